The lowest BCUT2D eigenvalue weighted by Crippen LogP contribution is -2.34. The number of nitrogens with one attached hydrogen (secondary N) is 1. The van der Waals surface area contributed by atoms with E-state index in [1.807, 2.05) is 12.1 Å². The predicted octanol–water partition coefficient (Wildman–Crippen LogP) is 5.73. The van der Waals surface area contributed by atoms with Crippen LogP contribution in [0.15, 0.2) is 72.8 Å². The molecule has 4 nitrogen and oxygen atoms in total. The molecule has 3 aromatic rings. The van der Waals surface area contributed by atoms with Gasteiger partial charge in [0.2, 0.25) is 0 Å². The molecule has 0 heterocycles. The van der Waals surface area contributed by atoms with Gasteiger partial charge in [-0.3, -0.25) is 9.59 Å². The molecular formula is C27H28F2N2O2. The van der Waals surface area contributed by atoms with E-state index < -0.39 is 11.6 Å². The maximum Gasteiger partial charge on any atom is 0.258 e. The minimum Gasteiger partial charge on any atom is -0.352 e. The van der Waals surface area contributed by atoms with Gasteiger partial charge in [-0.25, -0.2) is 8.78 Å². The van der Waals surface area contributed by atoms with Crippen molar-refractivity contribution in [1.82, 2.24) is 5.32 Å². The molecule has 0 aromatic heterocycles. The van der Waals surface area contributed by atoms with Gasteiger partial charge in [-0.2, -0.15) is 0 Å². The third-order valence-corrected chi connectivity index (χ3v) is 5.33. The van der Waals surface area contributed by atoms with Crippen LogP contribution >= 0.6 is 0 Å². The van der Waals surface area contributed by atoms with Gasteiger partial charge < -0.3 is 10.2 Å². The summed E-state index contributed by atoms with van der Waals surface area (Å²) in [6, 6.07) is 18.4. The second-order valence-electron chi connectivity index (χ2n) is 8.88. The van der Waals surface area contributed by atoms with E-state index in [0.29, 0.717) is 36.3 Å². The second-order valence-corrected chi connectivity index (χ2v) is 8.88. The minimum atomic E-state index is -0.432. The molecule has 1 N–H and O–H groups in total. The molecule has 0 aliphatic rings. The topological polar surface area (TPSA) is 49.4 Å². The van der Waals surface area contributed by atoms with Crippen molar-refractivity contribution in [3.8, 4) is 0 Å². The second kappa shape index (κ2) is 10.4. The van der Waals surface area contributed by atoms with Crippen molar-refractivity contribution in [3.05, 3.63) is 101 Å². The molecule has 0 aliphatic heterocycles. The Balaban J connectivity index is 1.63. The van der Waals surface area contributed by atoms with Gasteiger partial charge in [-0.05, 0) is 78.1 Å². The molecule has 0 saturated carbocycles. The van der Waals surface area contributed by atoms with Gasteiger partial charge in [-0.15, -0.1) is 0 Å². The van der Waals surface area contributed by atoms with Crippen molar-refractivity contribution in [1.29, 1.82) is 0 Å². The van der Waals surface area contributed by atoms with Crippen molar-refractivity contribution < 1.29 is 18.4 Å². The highest BCUT2D eigenvalue weighted by molar-refractivity contribution is 6.06. The predicted molar refractivity (Wildman–Crippen MR) is 127 cm³/mol. The summed E-state index contributed by atoms with van der Waals surface area (Å²) in [7, 11) is 0. The third-order valence-electron chi connectivity index (χ3n) is 5.33. The van der Waals surface area contributed by atoms with Gasteiger partial charge in [-0.1, -0.05) is 32.9 Å². The summed E-state index contributed by atoms with van der Waals surface area (Å²) < 4.78 is 26.6. The number of benzene rings is 3. The molecule has 0 saturated heterocycles. The molecule has 6 heteroatoms. The largest absolute Gasteiger partial charge is 0.352 e. The van der Waals surface area contributed by atoms with E-state index in [4.69, 9.17) is 0 Å². The summed E-state index contributed by atoms with van der Waals surface area (Å²) in [4.78, 5) is 27.0. The maximum absolute atomic E-state index is 13.4. The zero-order valence-corrected chi connectivity index (χ0v) is 19.1. The standard InChI is InChI=1S/C27H28F2N2O2/c1-27(2,3)21-9-5-19(6-10-21)25(32)30-17-4-18-31(24-15-13-23(29)14-16-24)26(33)20-7-11-22(28)12-8-20/h5-16H,4,17-18H2,1-3H3,(H,30,32). The van der Waals surface area contributed by atoms with Crippen molar-refractivity contribution >= 4 is 17.5 Å². The lowest BCUT2D eigenvalue weighted by Gasteiger charge is -2.23. The summed E-state index contributed by atoms with van der Waals surface area (Å²) in [6.07, 6.45) is 0.482. The van der Waals surface area contributed by atoms with Gasteiger partial charge in [0.25, 0.3) is 11.8 Å². The number of hydrogen-bond donors (Lipinski definition) is 1. The van der Waals surface area contributed by atoms with E-state index in [1.54, 1.807) is 12.1 Å². The number of halogens is 2. The number of hydrogen-bond acceptors (Lipinski definition) is 2. The molecular weight excluding hydrogens is 422 g/mol. The van der Waals surface area contributed by atoms with Crippen LogP contribution in [0.25, 0.3) is 0 Å². The molecule has 3 aromatic carbocycles. The average Bonchev–Trinajstić information content (AvgIpc) is 2.79. The van der Waals surface area contributed by atoms with Crippen molar-refractivity contribution in [2.24, 2.45) is 0 Å². The van der Waals surface area contributed by atoms with E-state index >= 15 is 0 Å². The lowest BCUT2D eigenvalue weighted by molar-refractivity contribution is 0.0953. The Morgan fingerprint density at radius 3 is 1.85 bits per heavy atom. The number of rotatable bonds is 7. The lowest BCUT2D eigenvalue weighted by atomic mass is 9.87. The Morgan fingerprint density at radius 2 is 1.30 bits per heavy atom. The highest BCUT2D eigenvalue weighted by Gasteiger charge is 2.18. The highest BCUT2D eigenvalue weighted by Crippen LogP contribution is 2.22. The van der Waals surface area contributed by atoms with E-state index in [-0.39, 0.29) is 17.2 Å². The average molecular weight is 451 g/mol. The zero-order valence-electron chi connectivity index (χ0n) is 19.1. The minimum absolute atomic E-state index is 0.00980. The molecule has 0 bridgehead atoms. The van der Waals surface area contributed by atoms with Gasteiger partial charge in [0.1, 0.15) is 11.6 Å². The summed E-state index contributed by atoms with van der Waals surface area (Å²) >= 11 is 0. The molecule has 0 aliphatic carbocycles. The van der Waals surface area contributed by atoms with Gasteiger partial charge >= 0.3 is 0 Å². The Labute approximate surface area is 193 Å². The van der Waals surface area contributed by atoms with Crippen LogP contribution in [0, 0.1) is 11.6 Å². The van der Waals surface area contributed by atoms with Crippen LogP contribution in [0.5, 0.6) is 0 Å². The van der Waals surface area contributed by atoms with Crippen LogP contribution in [0.2, 0.25) is 0 Å². The molecule has 0 unspecified atom stereocenters. The zero-order chi connectivity index (χ0) is 24.0. The number of carbonyl (C=O) groups excluding carboxylic acids is 2. The molecule has 3 rings (SSSR count). The van der Waals surface area contributed by atoms with Crippen molar-refractivity contribution in [2.75, 3.05) is 18.0 Å². The number of amides is 2. The Morgan fingerprint density at radius 1 is 0.788 bits per heavy atom. The molecule has 0 atom stereocenters. The van der Waals surface area contributed by atoms with Crippen LogP contribution in [-0.2, 0) is 5.41 Å². The molecule has 0 spiro atoms. The van der Waals surface area contributed by atoms with E-state index in [1.165, 1.54) is 53.4 Å². The third kappa shape index (κ3) is 6.48. The Hall–Kier alpha value is -3.54. The van der Waals surface area contributed by atoms with Crippen molar-refractivity contribution in [2.45, 2.75) is 32.6 Å². The van der Waals surface area contributed by atoms with E-state index in [9.17, 15) is 18.4 Å². The first kappa shape index (κ1) is 24.1. The van der Waals surface area contributed by atoms with E-state index in [2.05, 4.69) is 26.1 Å². The summed E-state index contributed by atoms with van der Waals surface area (Å²) in [6.45, 7) is 6.99. The van der Waals surface area contributed by atoms with Gasteiger partial charge in [0, 0.05) is 29.9 Å². The first-order valence-electron chi connectivity index (χ1n) is 10.9. The number of carbonyl (C=O) groups is 2. The summed E-state index contributed by atoms with van der Waals surface area (Å²) in [5.41, 5.74) is 2.57. The quantitative estimate of drug-likeness (QED) is 0.468. The molecule has 0 radical (unpaired) electrons. The van der Waals surface area contributed by atoms with Crippen LogP contribution < -0.4 is 10.2 Å². The van der Waals surface area contributed by atoms with Crippen LogP contribution in [0.1, 0.15) is 53.5 Å². The summed E-state index contributed by atoms with van der Waals surface area (Å²) in [5, 5.41) is 2.87. The first-order chi connectivity index (χ1) is 15.6. The fraction of sp³-hybridized carbons (Fsp3) is 0.259. The smallest absolute Gasteiger partial charge is 0.258 e. The Bertz CT molecular complexity index is 1090. The summed E-state index contributed by atoms with van der Waals surface area (Å²) in [5.74, 6) is -1.35. The molecule has 33 heavy (non-hydrogen) atoms. The van der Waals surface area contributed by atoms with E-state index in [0.717, 1.165) is 5.56 Å². The fourth-order valence-electron chi connectivity index (χ4n) is 3.38. The van der Waals surface area contributed by atoms with Crippen LogP contribution in [0.3, 0.4) is 0 Å². The maximum atomic E-state index is 13.4. The molecule has 172 valence electrons. The molecule has 2 amide bonds. The molecule has 0 fully saturated rings. The highest BCUT2D eigenvalue weighted by atomic mass is 19.1. The number of nitrogens with zero attached hydrogens (tertiary/aromatic N) is 1. The first-order valence-corrected chi connectivity index (χ1v) is 10.9. The normalized spacial score (nSPS) is 11.2. The fourth-order valence-corrected chi connectivity index (χ4v) is 3.38. The van der Waals surface area contributed by atoms with Crippen LogP contribution in [0.4, 0.5) is 14.5 Å². The Kier molecular flexibility index (Phi) is 7.59. The van der Waals surface area contributed by atoms with Gasteiger partial charge in [0.15, 0.2) is 0 Å². The number of anilines is 1. The van der Waals surface area contributed by atoms with Crippen molar-refractivity contribution in [3.63, 3.8) is 0 Å². The van der Waals surface area contributed by atoms with Gasteiger partial charge in [0.05, 0.1) is 0 Å². The monoisotopic (exact) mass is 450 g/mol. The van der Waals surface area contributed by atoms with Crippen LogP contribution in [-0.4, -0.2) is 24.9 Å². The SMILES string of the molecule is CC(C)(C)c1ccc(C(=O)NCCCN(C(=O)c2ccc(F)cc2)c2ccc(F)cc2)cc1.